The molecule has 3 unspecified atom stereocenters. The van der Waals surface area contributed by atoms with Gasteiger partial charge in [-0.1, -0.05) is 6.92 Å². The van der Waals surface area contributed by atoms with E-state index in [9.17, 15) is 14.4 Å². The SMILES string of the molecule is CCOC(=O)C1C(=O)C(C)C(=O)CC1C. The van der Waals surface area contributed by atoms with Crippen LogP contribution in [-0.2, 0) is 19.1 Å². The van der Waals surface area contributed by atoms with Crippen LogP contribution in [0.4, 0.5) is 0 Å². The quantitative estimate of drug-likeness (QED) is 0.505. The summed E-state index contributed by atoms with van der Waals surface area (Å²) in [6.07, 6.45) is 0.288. The minimum absolute atomic E-state index is 0.0759. The first-order valence-corrected chi connectivity index (χ1v) is 5.22. The summed E-state index contributed by atoms with van der Waals surface area (Å²) < 4.78 is 4.83. The molecule has 0 heterocycles. The topological polar surface area (TPSA) is 60.4 Å². The molecule has 1 aliphatic carbocycles. The van der Waals surface area contributed by atoms with E-state index in [1.165, 1.54) is 0 Å². The van der Waals surface area contributed by atoms with Crippen molar-refractivity contribution in [2.24, 2.45) is 17.8 Å². The summed E-state index contributed by atoms with van der Waals surface area (Å²) >= 11 is 0. The summed E-state index contributed by atoms with van der Waals surface area (Å²) in [4.78, 5) is 34.6. The Balaban J connectivity index is 2.83. The molecule has 1 saturated carbocycles. The second-order valence-corrected chi connectivity index (χ2v) is 4.00. The van der Waals surface area contributed by atoms with Crippen LogP contribution in [0.25, 0.3) is 0 Å². The minimum Gasteiger partial charge on any atom is -0.465 e. The van der Waals surface area contributed by atoms with E-state index >= 15 is 0 Å². The number of carbonyl (C=O) groups is 3. The molecule has 1 aliphatic rings. The maximum absolute atomic E-state index is 11.7. The molecule has 15 heavy (non-hydrogen) atoms. The van der Waals surface area contributed by atoms with Crippen molar-refractivity contribution in [1.82, 2.24) is 0 Å². The molecular weight excluding hydrogens is 196 g/mol. The standard InChI is InChI=1S/C11H16O4/c1-4-15-11(14)9-6(2)5-8(12)7(3)10(9)13/h6-7,9H,4-5H2,1-3H3. The smallest absolute Gasteiger partial charge is 0.316 e. The Kier molecular flexibility index (Phi) is 3.61. The molecule has 0 bridgehead atoms. The Morgan fingerprint density at radius 2 is 2.00 bits per heavy atom. The van der Waals surface area contributed by atoms with Crippen LogP contribution in [0.15, 0.2) is 0 Å². The highest BCUT2D eigenvalue weighted by Gasteiger charge is 2.43. The van der Waals surface area contributed by atoms with Crippen molar-refractivity contribution in [2.75, 3.05) is 6.61 Å². The molecular formula is C11H16O4. The lowest BCUT2D eigenvalue weighted by Crippen LogP contribution is -2.43. The van der Waals surface area contributed by atoms with E-state index in [2.05, 4.69) is 0 Å². The average molecular weight is 212 g/mol. The van der Waals surface area contributed by atoms with E-state index in [0.717, 1.165) is 0 Å². The van der Waals surface area contributed by atoms with Crippen molar-refractivity contribution in [3.63, 3.8) is 0 Å². The molecule has 84 valence electrons. The third-order valence-corrected chi connectivity index (χ3v) is 2.85. The Labute approximate surface area is 89.0 Å². The van der Waals surface area contributed by atoms with Gasteiger partial charge in [-0.15, -0.1) is 0 Å². The highest BCUT2D eigenvalue weighted by molar-refractivity contribution is 6.12. The highest BCUT2D eigenvalue weighted by Crippen LogP contribution is 2.29. The van der Waals surface area contributed by atoms with Gasteiger partial charge in [-0.25, -0.2) is 0 Å². The number of ether oxygens (including phenoxy) is 1. The molecule has 0 N–H and O–H groups in total. The van der Waals surface area contributed by atoms with E-state index in [4.69, 9.17) is 4.74 Å². The molecule has 0 saturated heterocycles. The highest BCUT2D eigenvalue weighted by atomic mass is 16.5. The van der Waals surface area contributed by atoms with Crippen molar-refractivity contribution in [1.29, 1.82) is 0 Å². The maximum Gasteiger partial charge on any atom is 0.316 e. The molecule has 4 heteroatoms. The molecule has 0 amide bonds. The predicted molar refractivity (Wildman–Crippen MR) is 53.1 cm³/mol. The van der Waals surface area contributed by atoms with Crippen molar-refractivity contribution >= 4 is 17.5 Å². The molecule has 0 radical (unpaired) electrons. The summed E-state index contributed by atoms with van der Waals surface area (Å²) in [5.41, 5.74) is 0. The Hall–Kier alpha value is -1.19. The van der Waals surface area contributed by atoms with Crippen LogP contribution in [0.1, 0.15) is 27.2 Å². The van der Waals surface area contributed by atoms with Crippen LogP contribution in [0.5, 0.6) is 0 Å². The third kappa shape index (κ3) is 2.25. The fourth-order valence-electron chi connectivity index (χ4n) is 1.90. The van der Waals surface area contributed by atoms with E-state index in [1.54, 1.807) is 20.8 Å². The van der Waals surface area contributed by atoms with E-state index in [0.29, 0.717) is 0 Å². The first kappa shape index (κ1) is 11.9. The fourth-order valence-corrected chi connectivity index (χ4v) is 1.90. The number of rotatable bonds is 2. The van der Waals surface area contributed by atoms with Gasteiger partial charge in [0.05, 0.1) is 12.5 Å². The number of ketones is 2. The van der Waals surface area contributed by atoms with Crippen molar-refractivity contribution in [3.05, 3.63) is 0 Å². The normalized spacial score (nSPS) is 31.5. The Morgan fingerprint density at radius 1 is 1.40 bits per heavy atom. The molecule has 4 nitrogen and oxygen atoms in total. The number of hydrogen-bond acceptors (Lipinski definition) is 4. The van der Waals surface area contributed by atoms with E-state index < -0.39 is 17.8 Å². The summed E-state index contributed by atoms with van der Waals surface area (Å²) in [5.74, 6) is -2.51. The molecule has 0 spiro atoms. The fraction of sp³-hybridized carbons (Fsp3) is 0.727. The van der Waals surface area contributed by atoms with E-state index in [1.807, 2.05) is 0 Å². The van der Waals surface area contributed by atoms with Crippen molar-refractivity contribution in [2.45, 2.75) is 27.2 Å². The monoisotopic (exact) mass is 212 g/mol. The van der Waals surface area contributed by atoms with Crippen LogP contribution in [0.3, 0.4) is 0 Å². The van der Waals surface area contributed by atoms with Crippen LogP contribution in [0.2, 0.25) is 0 Å². The van der Waals surface area contributed by atoms with Crippen LogP contribution >= 0.6 is 0 Å². The van der Waals surface area contributed by atoms with Gasteiger partial charge in [0.1, 0.15) is 11.7 Å². The van der Waals surface area contributed by atoms with Gasteiger partial charge in [-0.2, -0.15) is 0 Å². The minimum atomic E-state index is -0.752. The molecule has 1 fully saturated rings. The summed E-state index contributed by atoms with van der Waals surface area (Å²) in [6, 6.07) is 0. The number of esters is 1. The van der Waals surface area contributed by atoms with Gasteiger partial charge in [-0.3, -0.25) is 14.4 Å². The zero-order valence-electron chi connectivity index (χ0n) is 9.28. The third-order valence-electron chi connectivity index (χ3n) is 2.85. The van der Waals surface area contributed by atoms with Gasteiger partial charge in [-0.05, 0) is 19.8 Å². The number of hydrogen-bond donors (Lipinski definition) is 0. The lowest BCUT2D eigenvalue weighted by atomic mass is 9.74. The van der Waals surface area contributed by atoms with Crippen molar-refractivity contribution < 1.29 is 19.1 Å². The molecule has 0 aliphatic heterocycles. The molecule has 1 rings (SSSR count). The number of carbonyl (C=O) groups excluding carboxylic acids is 3. The molecule has 0 aromatic carbocycles. The summed E-state index contributed by atoms with van der Waals surface area (Å²) in [7, 11) is 0. The molecule has 3 atom stereocenters. The summed E-state index contributed by atoms with van der Waals surface area (Å²) in [6.45, 7) is 5.26. The molecule has 0 aromatic rings. The Bertz CT molecular complexity index is 295. The maximum atomic E-state index is 11.7. The van der Waals surface area contributed by atoms with Crippen LogP contribution in [-0.4, -0.2) is 24.1 Å². The van der Waals surface area contributed by atoms with Gasteiger partial charge in [0.2, 0.25) is 0 Å². The lowest BCUT2D eigenvalue weighted by Gasteiger charge is -2.28. The second-order valence-electron chi connectivity index (χ2n) is 4.00. The zero-order valence-corrected chi connectivity index (χ0v) is 9.28. The van der Waals surface area contributed by atoms with Gasteiger partial charge >= 0.3 is 5.97 Å². The van der Waals surface area contributed by atoms with Gasteiger partial charge < -0.3 is 4.74 Å². The number of Topliss-reactive ketones (excluding diaryl/α,β-unsaturated/α-hetero) is 2. The van der Waals surface area contributed by atoms with Gasteiger partial charge in [0.25, 0.3) is 0 Å². The van der Waals surface area contributed by atoms with Gasteiger partial charge in [0.15, 0.2) is 5.78 Å². The van der Waals surface area contributed by atoms with Crippen LogP contribution in [0, 0.1) is 17.8 Å². The largest absolute Gasteiger partial charge is 0.465 e. The first-order valence-electron chi connectivity index (χ1n) is 5.22. The van der Waals surface area contributed by atoms with Crippen LogP contribution < -0.4 is 0 Å². The van der Waals surface area contributed by atoms with Crippen molar-refractivity contribution in [3.8, 4) is 0 Å². The molecule has 0 aromatic heterocycles. The zero-order chi connectivity index (χ0) is 11.6. The Morgan fingerprint density at radius 3 is 2.53 bits per heavy atom. The first-order chi connectivity index (χ1) is 6.99. The lowest BCUT2D eigenvalue weighted by molar-refractivity contribution is -0.157. The second kappa shape index (κ2) is 4.55. The summed E-state index contributed by atoms with van der Waals surface area (Å²) in [5, 5.41) is 0. The average Bonchev–Trinajstić information content (AvgIpc) is 2.15. The van der Waals surface area contributed by atoms with E-state index in [-0.39, 0.29) is 30.5 Å². The van der Waals surface area contributed by atoms with Gasteiger partial charge in [0, 0.05) is 6.42 Å². The predicted octanol–water partition coefficient (Wildman–Crippen LogP) is 0.980.